The van der Waals surface area contributed by atoms with Crippen LogP contribution in [0.2, 0.25) is 0 Å². The standard InChI is InChI=1S/C30H34N2O2/c1-20-16-17-21-10-8-9-15-24(21)28(20)32-18-25-26(19-32)27(25)31-29(33)30(34,22-11-4-2-5-12-22)23-13-6-3-7-14-23/h2,4-5,8-12,15-17,23,25-27,34H,3,6-7,13-14,18-19H2,1H3,(H,31,33)/t25-,26?,27?,30?/m1/s1. The van der Waals surface area contributed by atoms with Gasteiger partial charge < -0.3 is 15.3 Å². The summed E-state index contributed by atoms with van der Waals surface area (Å²) < 4.78 is 0. The number of fused-ring (bicyclic) bond motifs is 2. The number of hydrogen-bond acceptors (Lipinski definition) is 3. The second-order valence-electron chi connectivity index (χ2n) is 10.7. The third kappa shape index (κ3) is 3.51. The highest BCUT2D eigenvalue weighted by molar-refractivity contribution is 5.96. The highest BCUT2D eigenvalue weighted by Crippen LogP contribution is 2.49. The lowest BCUT2D eigenvalue weighted by Crippen LogP contribution is -2.52. The number of anilines is 1. The van der Waals surface area contributed by atoms with Gasteiger partial charge in [-0.25, -0.2) is 0 Å². The maximum atomic E-state index is 13.7. The first-order valence-corrected chi connectivity index (χ1v) is 12.9. The molecule has 3 aromatic rings. The minimum Gasteiger partial charge on any atom is -0.375 e. The molecule has 1 heterocycles. The van der Waals surface area contributed by atoms with E-state index in [4.69, 9.17) is 0 Å². The average Bonchev–Trinajstić information content (AvgIpc) is 3.31. The summed E-state index contributed by atoms with van der Waals surface area (Å²) in [5.74, 6) is 0.692. The number of rotatable bonds is 5. The third-order valence-electron chi connectivity index (χ3n) is 8.67. The minimum absolute atomic E-state index is 0.0166. The zero-order valence-corrected chi connectivity index (χ0v) is 19.9. The van der Waals surface area contributed by atoms with Crippen molar-refractivity contribution in [2.24, 2.45) is 17.8 Å². The van der Waals surface area contributed by atoms with E-state index in [1.807, 2.05) is 30.3 Å². The molecular weight excluding hydrogens is 420 g/mol. The molecule has 1 saturated heterocycles. The smallest absolute Gasteiger partial charge is 0.257 e. The van der Waals surface area contributed by atoms with Crippen LogP contribution in [0.1, 0.15) is 43.2 Å². The van der Waals surface area contributed by atoms with Crippen molar-refractivity contribution in [2.45, 2.75) is 50.7 Å². The maximum Gasteiger partial charge on any atom is 0.257 e. The molecule has 2 aliphatic carbocycles. The van der Waals surface area contributed by atoms with Gasteiger partial charge in [0.1, 0.15) is 0 Å². The molecule has 2 saturated carbocycles. The van der Waals surface area contributed by atoms with E-state index < -0.39 is 5.60 Å². The minimum atomic E-state index is -1.44. The molecule has 3 aliphatic rings. The Morgan fingerprint density at radius 3 is 2.32 bits per heavy atom. The van der Waals surface area contributed by atoms with Crippen LogP contribution in [0.25, 0.3) is 10.8 Å². The molecule has 6 rings (SSSR count). The van der Waals surface area contributed by atoms with E-state index in [0.29, 0.717) is 11.8 Å². The number of nitrogens with zero attached hydrogens (tertiary/aromatic N) is 1. The van der Waals surface area contributed by atoms with Crippen molar-refractivity contribution in [3.63, 3.8) is 0 Å². The van der Waals surface area contributed by atoms with Crippen molar-refractivity contribution in [2.75, 3.05) is 18.0 Å². The number of benzene rings is 3. The van der Waals surface area contributed by atoms with Crippen LogP contribution >= 0.6 is 0 Å². The molecule has 4 atom stereocenters. The van der Waals surface area contributed by atoms with E-state index in [1.54, 1.807) is 0 Å². The van der Waals surface area contributed by atoms with E-state index in [9.17, 15) is 9.90 Å². The van der Waals surface area contributed by atoms with Crippen LogP contribution in [0.15, 0.2) is 66.7 Å². The van der Waals surface area contributed by atoms with Crippen molar-refractivity contribution in [1.82, 2.24) is 5.32 Å². The lowest BCUT2D eigenvalue weighted by Gasteiger charge is -2.38. The van der Waals surface area contributed by atoms with Crippen molar-refractivity contribution in [3.05, 3.63) is 77.9 Å². The van der Waals surface area contributed by atoms with E-state index in [2.05, 4.69) is 53.5 Å². The highest BCUT2D eigenvalue weighted by atomic mass is 16.3. The van der Waals surface area contributed by atoms with Gasteiger partial charge >= 0.3 is 0 Å². The number of amides is 1. The molecule has 1 aliphatic heterocycles. The SMILES string of the molecule is Cc1ccc2ccccc2c1N1CC2C(NC(=O)C(O)(c3ccccc3)C3CCCCC3)[C@@H]2C1. The molecule has 4 heteroatoms. The number of hydrogen-bond donors (Lipinski definition) is 2. The van der Waals surface area contributed by atoms with Gasteiger partial charge in [0.15, 0.2) is 5.60 Å². The van der Waals surface area contributed by atoms with Gasteiger partial charge in [-0.05, 0) is 36.3 Å². The Morgan fingerprint density at radius 1 is 0.912 bits per heavy atom. The zero-order valence-electron chi connectivity index (χ0n) is 19.9. The van der Waals surface area contributed by atoms with Gasteiger partial charge in [0.2, 0.25) is 0 Å². The molecule has 3 aromatic carbocycles. The Hall–Kier alpha value is -2.85. The second kappa shape index (κ2) is 8.42. The lowest BCUT2D eigenvalue weighted by atomic mass is 9.73. The summed E-state index contributed by atoms with van der Waals surface area (Å²) >= 11 is 0. The molecule has 1 amide bonds. The molecule has 0 aromatic heterocycles. The maximum absolute atomic E-state index is 13.7. The predicted molar refractivity (Wildman–Crippen MR) is 137 cm³/mol. The second-order valence-corrected chi connectivity index (χ2v) is 10.7. The van der Waals surface area contributed by atoms with Crippen LogP contribution < -0.4 is 10.2 Å². The average molecular weight is 455 g/mol. The molecule has 176 valence electrons. The number of aryl methyl sites for hydroxylation is 1. The molecule has 34 heavy (non-hydrogen) atoms. The largest absolute Gasteiger partial charge is 0.375 e. The van der Waals surface area contributed by atoms with E-state index in [-0.39, 0.29) is 17.9 Å². The first-order valence-electron chi connectivity index (χ1n) is 12.9. The zero-order chi connectivity index (χ0) is 23.3. The summed E-state index contributed by atoms with van der Waals surface area (Å²) in [4.78, 5) is 16.2. The summed E-state index contributed by atoms with van der Waals surface area (Å²) in [6.07, 6.45) is 5.18. The number of carbonyl (C=O) groups excluding carboxylic acids is 1. The van der Waals surface area contributed by atoms with Gasteiger partial charge in [-0.15, -0.1) is 0 Å². The molecule has 0 radical (unpaired) electrons. The van der Waals surface area contributed by atoms with E-state index in [0.717, 1.165) is 44.3 Å². The molecule has 0 spiro atoms. The number of carbonyl (C=O) groups is 1. The molecule has 3 unspecified atom stereocenters. The predicted octanol–water partition coefficient (Wildman–Crippen LogP) is 5.17. The molecule has 0 bridgehead atoms. The normalized spacial score (nSPS) is 26.2. The third-order valence-corrected chi connectivity index (χ3v) is 8.67. The Morgan fingerprint density at radius 2 is 1.59 bits per heavy atom. The molecule has 2 N–H and O–H groups in total. The Balaban J connectivity index is 1.19. The van der Waals surface area contributed by atoms with E-state index in [1.165, 1.54) is 28.4 Å². The number of aliphatic hydroxyl groups is 1. The first kappa shape index (κ1) is 21.7. The van der Waals surface area contributed by atoms with Crippen LogP contribution in [-0.2, 0) is 10.4 Å². The van der Waals surface area contributed by atoms with Crippen molar-refractivity contribution in [3.8, 4) is 0 Å². The fraction of sp³-hybridized carbons (Fsp3) is 0.433. The Labute approximate surface area is 202 Å². The van der Waals surface area contributed by atoms with Gasteiger partial charge in [0.05, 0.1) is 0 Å². The summed E-state index contributed by atoms with van der Waals surface area (Å²) in [5.41, 5.74) is 1.93. The van der Waals surface area contributed by atoms with Gasteiger partial charge in [0.25, 0.3) is 5.91 Å². The van der Waals surface area contributed by atoms with Crippen molar-refractivity contribution in [1.29, 1.82) is 0 Å². The van der Waals surface area contributed by atoms with Crippen LogP contribution in [0.3, 0.4) is 0 Å². The first-order chi connectivity index (χ1) is 16.6. The van der Waals surface area contributed by atoms with Crippen LogP contribution in [0, 0.1) is 24.7 Å². The summed E-state index contributed by atoms with van der Waals surface area (Å²) in [6.45, 7) is 4.10. The monoisotopic (exact) mass is 454 g/mol. The van der Waals surface area contributed by atoms with Crippen LogP contribution in [0.4, 0.5) is 5.69 Å². The van der Waals surface area contributed by atoms with Crippen LogP contribution in [-0.4, -0.2) is 30.1 Å². The van der Waals surface area contributed by atoms with Crippen molar-refractivity contribution >= 4 is 22.4 Å². The Bertz CT molecular complexity index is 1190. The van der Waals surface area contributed by atoms with E-state index >= 15 is 0 Å². The fourth-order valence-electron chi connectivity index (χ4n) is 6.73. The lowest BCUT2D eigenvalue weighted by molar-refractivity contribution is -0.149. The Kier molecular flexibility index (Phi) is 5.37. The molecule has 3 fully saturated rings. The number of nitrogens with one attached hydrogen (secondary N) is 1. The quantitative estimate of drug-likeness (QED) is 0.559. The molecule has 4 nitrogen and oxygen atoms in total. The number of piperidine rings is 1. The van der Waals surface area contributed by atoms with Gasteiger partial charge in [-0.1, -0.05) is 86.0 Å². The highest BCUT2D eigenvalue weighted by Gasteiger charge is 2.58. The molecular formula is C30H34N2O2. The van der Waals surface area contributed by atoms with Crippen molar-refractivity contribution < 1.29 is 9.90 Å². The fourth-order valence-corrected chi connectivity index (χ4v) is 6.73. The topological polar surface area (TPSA) is 52.6 Å². The van der Waals surface area contributed by atoms with Gasteiger partial charge in [-0.2, -0.15) is 0 Å². The summed E-state index contributed by atoms with van der Waals surface area (Å²) in [7, 11) is 0. The van der Waals surface area contributed by atoms with Gasteiger partial charge in [0, 0.05) is 48.0 Å². The summed E-state index contributed by atoms with van der Waals surface area (Å²) in [5, 5.41) is 17.8. The summed E-state index contributed by atoms with van der Waals surface area (Å²) in [6, 6.07) is 22.8. The van der Waals surface area contributed by atoms with Gasteiger partial charge in [-0.3, -0.25) is 4.79 Å². The van der Waals surface area contributed by atoms with Crippen LogP contribution in [0.5, 0.6) is 0 Å².